The van der Waals surface area contributed by atoms with Crippen molar-refractivity contribution in [3.8, 4) is 0 Å². The highest BCUT2D eigenvalue weighted by molar-refractivity contribution is 8.00. The summed E-state index contributed by atoms with van der Waals surface area (Å²) in [6.45, 7) is 4.03. The van der Waals surface area contributed by atoms with Gasteiger partial charge in [-0.1, -0.05) is 49.2 Å². The number of nitrogens with zero attached hydrogens (tertiary/aromatic N) is 4. The fourth-order valence-electron chi connectivity index (χ4n) is 4.31. The predicted molar refractivity (Wildman–Crippen MR) is 108 cm³/mol. The topological polar surface area (TPSA) is 77.0 Å². The van der Waals surface area contributed by atoms with Crippen LogP contribution in [0.15, 0.2) is 29.4 Å². The number of thioether (sulfide) groups is 1. The van der Waals surface area contributed by atoms with Crippen molar-refractivity contribution < 1.29 is 4.79 Å². The molecule has 0 saturated heterocycles. The van der Waals surface area contributed by atoms with E-state index in [-0.39, 0.29) is 17.2 Å². The van der Waals surface area contributed by atoms with Crippen LogP contribution in [0, 0.1) is 0 Å². The van der Waals surface area contributed by atoms with Crippen molar-refractivity contribution in [1.29, 1.82) is 0 Å². The molecule has 7 heteroatoms. The zero-order chi connectivity index (χ0) is 19.0. The third-order valence-electron chi connectivity index (χ3n) is 5.74. The van der Waals surface area contributed by atoms with Crippen molar-refractivity contribution in [3.63, 3.8) is 0 Å². The Morgan fingerprint density at radius 1 is 1.22 bits per heavy atom. The molecule has 6 nitrogen and oxygen atoms in total. The highest BCUT2D eigenvalue weighted by atomic mass is 32.2. The Hall–Kier alpha value is -2.02. The fourth-order valence-corrected chi connectivity index (χ4v) is 5.14. The van der Waals surface area contributed by atoms with E-state index in [1.807, 2.05) is 30.0 Å². The summed E-state index contributed by atoms with van der Waals surface area (Å²) in [4.78, 5) is 15.1. The van der Waals surface area contributed by atoms with E-state index in [0.717, 1.165) is 30.8 Å². The smallest absolute Gasteiger partial charge is 0.240 e. The van der Waals surface area contributed by atoms with E-state index in [1.165, 1.54) is 36.6 Å². The number of aromatic nitrogens is 3. The van der Waals surface area contributed by atoms with Gasteiger partial charge in [-0.25, -0.2) is 4.68 Å². The number of nitrogens with two attached hydrogens (primary N) is 1. The number of fused-ring (bicyclic) bond motifs is 1. The first kappa shape index (κ1) is 18.3. The van der Waals surface area contributed by atoms with Gasteiger partial charge < -0.3 is 10.7 Å². The molecule has 0 bridgehead atoms. The van der Waals surface area contributed by atoms with Crippen LogP contribution in [-0.2, 0) is 11.2 Å². The van der Waals surface area contributed by atoms with Crippen molar-refractivity contribution in [2.75, 3.05) is 10.7 Å². The number of hydrogen-bond acceptors (Lipinski definition) is 5. The minimum atomic E-state index is -0.274. The third-order valence-corrected chi connectivity index (χ3v) is 6.78. The van der Waals surface area contributed by atoms with E-state index in [9.17, 15) is 4.79 Å². The van der Waals surface area contributed by atoms with Crippen LogP contribution < -0.4 is 10.7 Å². The van der Waals surface area contributed by atoms with E-state index in [0.29, 0.717) is 11.1 Å². The molecule has 2 atom stereocenters. The molecule has 1 saturated carbocycles. The number of carbonyl (C=O) groups excluding carboxylic acids is 1. The molecular weight excluding hydrogens is 358 g/mol. The predicted octanol–water partition coefficient (Wildman–Crippen LogP) is 3.50. The van der Waals surface area contributed by atoms with Crippen LogP contribution in [0.4, 0.5) is 5.69 Å². The molecule has 2 N–H and O–H groups in total. The summed E-state index contributed by atoms with van der Waals surface area (Å²) >= 11 is 1.40. The lowest BCUT2D eigenvalue weighted by Gasteiger charge is -2.25. The number of anilines is 1. The second kappa shape index (κ2) is 7.54. The van der Waals surface area contributed by atoms with E-state index < -0.39 is 0 Å². The molecule has 0 unspecified atom stereocenters. The normalized spacial score (nSPS) is 21.3. The van der Waals surface area contributed by atoms with Gasteiger partial charge in [-0.3, -0.25) is 4.79 Å². The summed E-state index contributed by atoms with van der Waals surface area (Å²) in [6.07, 6.45) is 6.88. The highest BCUT2D eigenvalue weighted by Crippen LogP contribution is 2.36. The van der Waals surface area contributed by atoms with Gasteiger partial charge in [-0.05, 0) is 44.7 Å². The average molecular weight is 386 g/mol. The first-order chi connectivity index (χ1) is 13.1. The third kappa shape index (κ3) is 3.45. The van der Waals surface area contributed by atoms with Crippen LogP contribution in [0.25, 0.3) is 0 Å². The van der Waals surface area contributed by atoms with Crippen LogP contribution in [0.3, 0.4) is 0 Å². The van der Waals surface area contributed by atoms with Gasteiger partial charge in [-0.2, -0.15) is 0 Å². The lowest BCUT2D eigenvalue weighted by molar-refractivity contribution is -0.118. The van der Waals surface area contributed by atoms with Gasteiger partial charge in [0.1, 0.15) is 0 Å². The first-order valence-corrected chi connectivity index (χ1v) is 10.7. The number of nitrogen functional groups attached to an aromatic ring is 1. The molecule has 27 heavy (non-hydrogen) atoms. The fraction of sp³-hybridized carbons (Fsp3) is 0.550. The van der Waals surface area contributed by atoms with Gasteiger partial charge in [0.05, 0.1) is 5.25 Å². The van der Waals surface area contributed by atoms with E-state index in [2.05, 4.69) is 23.2 Å². The molecule has 0 radical (unpaired) electrons. The summed E-state index contributed by atoms with van der Waals surface area (Å²) in [7, 11) is 0. The second-order valence-corrected chi connectivity index (χ2v) is 9.00. The van der Waals surface area contributed by atoms with Crippen LogP contribution in [0.2, 0.25) is 0 Å². The van der Waals surface area contributed by atoms with Crippen molar-refractivity contribution >= 4 is 23.4 Å². The summed E-state index contributed by atoms with van der Waals surface area (Å²) < 4.78 is 1.60. The maximum absolute atomic E-state index is 13.1. The van der Waals surface area contributed by atoms with Crippen LogP contribution in [-0.4, -0.2) is 32.1 Å². The number of amides is 1. The molecule has 2 aliphatic rings. The van der Waals surface area contributed by atoms with Gasteiger partial charge in [0.25, 0.3) is 0 Å². The molecule has 1 aromatic carbocycles. The molecule has 1 fully saturated rings. The highest BCUT2D eigenvalue weighted by Gasteiger charge is 2.34. The molecule has 1 aliphatic heterocycles. The van der Waals surface area contributed by atoms with Crippen molar-refractivity contribution in [2.45, 2.75) is 74.7 Å². The van der Waals surface area contributed by atoms with Crippen LogP contribution in [0.5, 0.6) is 0 Å². The van der Waals surface area contributed by atoms with Gasteiger partial charge in [0.2, 0.25) is 11.1 Å². The summed E-state index contributed by atoms with van der Waals surface area (Å²) in [5.41, 5.74) is 2.26. The van der Waals surface area contributed by atoms with E-state index >= 15 is 0 Å². The van der Waals surface area contributed by atoms with Crippen molar-refractivity contribution in [3.05, 3.63) is 35.7 Å². The Morgan fingerprint density at radius 2 is 1.96 bits per heavy atom. The van der Waals surface area contributed by atoms with Crippen LogP contribution in [0.1, 0.15) is 63.3 Å². The summed E-state index contributed by atoms with van der Waals surface area (Å²) in [5.74, 6) is 7.63. The van der Waals surface area contributed by atoms with Gasteiger partial charge in [0, 0.05) is 17.6 Å². The van der Waals surface area contributed by atoms with Gasteiger partial charge >= 0.3 is 0 Å². The zero-order valence-electron chi connectivity index (χ0n) is 16.0. The maximum Gasteiger partial charge on any atom is 0.240 e. The number of hydrogen-bond donors (Lipinski definition) is 1. The largest absolute Gasteiger partial charge is 0.336 e. The molecule has 2 heterocycles. The Morgan fingerprint density at radius 3 is 2.74 bits per heavy atom. The monoisotopic (exact) mass is 385 g/mol. The first-order valence-electron chi connectivity index (χ1n) is 9.84. The molecule has 1 aliphatic carbocycles. The Bertz CT molecular complexity index is 830. The minimum absolute atomic E-state index is 0.0969. The second-order valence-electron chi connectivity index (χ2n) is 7.70. The van der Waals surface area contributed by atoms with Crippen molar-refractivity contribution in [1.82, 2.24) is 14.9 Å². The number of benzene rings is 1. The van der Waals surface area contributed by atoms with Crippen molar-refractivity contribution in [2.24, 2.45) is 0 Å². The molecule has 1 amide bonds. The standard InChI is InChI=1S/C20H27N5OS/c1-13-12-16-10-6-7-11-17(16)24(13)19(26)14(2)27-20-23-22-18(25(20)21)15-8-4-3-5-9-15/h6-7,10-11,13-15H,3-5,8-9,12,21H2,1-2H3/t13-,14-/m1/s1. The SMILES string of the molecule is C[C@@H]1Cc2ccccc2N1C(=O)[C@@H](C)Sc1nnc(C2CCCCC2)n1N. The summed E-state index contributed by atoms with van der Waals surface area (Å²) in [5, 5.41) is 8.97. The number of para-hydroxylation sites is 1. The molecular formula is C20H27N5OS. The van der Waals surface area contributed by atoms with Crippen LogP contribution >= 0.6 is 11.8 Å². The summed E-state index contributed by atoms with van der Waals surface area (Å²) in [6, 6.07) is 8.32. The van der Waals surface area contributed by atoms with Gasteiger partial charge in [0.15, 0.2) is 5.82 Å². The molecule has 4 rings (SSSR count). The van der Waals surface area contributed by atoms with E-state index in [4.69, 9.17) is 5.84 Å². The van der Waals surface area contributed by atoms with Gasteiger partial charge in [-0.15, -0.1) is 10.2 Å². The maximum atomic E-state index is 13.1. The Kier molecular flexibility index (Phi) is 5.12. The average Bonchev–Trinajstić information content (AvgIpc) is 3.21. The lowest BCUT2D eigenvalue weighted by atomic mass is 9.89. The zero-order valence-corrected chi connectivity index (χ0v) is 16.8. The molecule has 144 valence electrons. The Balaban J connectivity index is 1.49. The molecule has 1 aromatic heterocycles. The lowest BCUT2D eigenvalue weighted by Crippen LogP contribution is -2.40. The Labute approximate surface area is 164 Å². The quantitative estimate of drug-likeness (QED) is 0.644. The van der Waals surface area contributed by atoms with E-state index in [1.54, 1.807) is 4.68 Å². The number of rotatable bonds is 4. The number of carbonyl (C=O) groups is 1. The molecule has 0 spiro atoms. The minimum Gasteiger partial charge on any atom is -0.336 e. The molecule has 2 aromatic rings.